The predicted molar refractivity (Wildman–Crippen MR) is 62.0 cm³/mol. The fourth-order valence-electron chi connectivity index (χ4n) is 1.27. The quantitative estimate of drug-likeness (QED) is 0.321. The van der Waals surface area contributed by atoms with Crippen molar-refractivity contribution < 1.29 is 0 Å². The molecule has 0 N–H and O–H groups in total. The Morgan fingerprint density at radius 2 is 1.58 bits per heavy atom. The van der Waals surface area contributed by atoms with Crippen LogP contribution < -0.4 is 0 Å². The molecule has 0 aliphatic rings. The van der Waals surface area contributed by atoms with Crippen LogP contribution >= 0.6 is 12.9 Å². The SMILES string of the molecule is C=CCCCCCCC[CH2][Mg][Br]. The van der Waals surface area contributed by atoms with Crippen molar-refractivity contribution in [2.45, 2.75) is 49.5 Å². The first-order chi connectivity index (χ1) is 5.91. The average molecular weight is 243 g/mol. The van der Waals surface area contributed by atoms with E-state index in [2.05, 4.69) is 19.5 Å². The zero-order chi connectivity index (χ0) is 9.07. The Morgan fingerprint density at radius 1 is 1.00 bits per heavy atom. The van der Waals surface area contributed by atoms with E-state index in [1.54, 1.807) is 0 Å². The summed E-state index contributed by atoms with van der Waals surface area (Å²) in [4.78, 5) is 0. The summed E-state index contributed by atoms with van der Waals surface area (Å²) in [7, 11) is 0. The minimum absolute atomic E-state index is 0.166. The lowest BCUT2D eigenvalue weighted by Crippen LogP contribution is -1.81. The van der Waals surface area contributed by atoms with E-state index in [1.165, 1.54) is 49.5 Å². The van der Waals surface area contributed by atoms with Gasteiger partial charge in [0.1, 0.15) is 0 Å². The molecule has 0 aliphatic carbocycles. The monoisotopic (exact) mass is 242 g/mol. The van der Waals surface area contributed by atoms with Gasteiger partial charge in [0.25, 0.3) is 0 Å². The molecule has 0 aromatic heterocycles. The summed E-state index contributed by atoms with van der Waals surface area (Å²) in [6.07, 6.45) is 11.8. The topological polar surface area (TPSA) is 0 Å². The second-order valence-electron chi connectivity index (χ2n) is 3.24. The van der Waals surface area contributed by atoms with Crippen LogP contribution in [0, 0.1) is 0 Å². The van der Waals surface area contributed by atoms with Crippen molar-refractivity contribution in [2.75, 3.05) is 0 Å². The van der Waals surface area contributed by atoms with Gasteiger partial charge >= 0.3 is 18.2 Å². The molecule has 0 unspecified atom stereocenters. The van der Waals surface area contributed by atoms with E-state index in [9.17, 15) is 0 Å². The third kappa shape index (κ3) is 11.0. The Balaban J connectivity index is 2.77. The molecule has 0 amide bonds. The maximum Gasteiger partial charge on any atom is 0.468 e. The molecule has 0 aromatic rings. The molecule has 0 saturated heterocycles. The molecular weight excluding hydrogens is 224 g/mol. The van der Waals surface area contributed by atoms with E-state index in [-0.39, 0.29) is 18.2 Å². The lowest BCUT2D eigenvalue weighted by atomic mass is 10.1. The van der Waals surface area contributed by atoms with E-state index in [0.717, 1.165) is 0 Å². The van der Waals surface area contributed by atoms with Crippen molar-refractivity contribution in [3.8, 4) is 0 Å². The van der Waals surface area contributed by atoms with Gasteiger partial charge in [-0.05, 0) is 12.8 Å². The van der Waals surface area contributed by atoms with Gasteiger partial charge in [0, 0.05) is 0 Å². The molecule has 0 heterocycles. The standard InChI is InChI=1S/C10H19.BrH.Mg/c1-3-5-7-9-10-8-6-4-2;;/h3H,1-2,4-10H2;1H;/q;;+1/p-1. The first-order valence-electron chi connectivity index (χ1n) is 5.08. The smallest absolute Gasteiger partial charge is 0.307 e. The van der Waals surface area contributed by atoms with Gasteiger partial charge in [-0.2, -0.15) is 0 Å². The molecular formula is C10H19BrMg. The summed E-state index contributed by atoms with van der Waals surface area (Å²) in [6.45, 7) is 3.72. The third-order valence-corrected chi connectivity index (χ3v) is 4.49. The van der Waals surface area contributed by atoms with Crippen LogP contribution in [0.15, 0.2) is 12.7 Å². The van der Waals surface area contributed by atoms with Crippen molar-refractivity contribution in [3.05, 3.63) is 12.7 Å². The first-order valence-corrected chi connectivity index (χ1v) is 9.98. The third-order valence-electron chi connectivity index (χ3n) is 2.04. The fraction of sp³-hybridized carbons (Fsp3) is 0.800. The van der Waals surface area contributed by atoms with E-state index in [1.807, 2.05) is 6.08 Å². The Hall–Kier alpha value is 0.986. The number of unbranched alkanes of at least 4 members (excludes halogenated alkanes) is 6. The van der Waals surface area contributed by atoms with Crippen LogP contribution in [0.2, 0.25) is 4.55 Å². The number of allylic oxidation sites excluding steroid dienone is 1. The van der Waals surface area contributed by atoms with Gasteiger partial charge in [-0.3, -0.25) is 0 Å². The van der Waals surface area contributed by atoms with Gasteiger partial charge in [0.15, 0.2) is 0 Å². The molecule has 0 aromatic carbocycles. The van der Waals surface area contributed by atoms with Crippen molar-refractivity contribution in [3.63, 3.8) is 0 Å². The summed E-state index contributed by atoms with van der Waals surface area (Å²) in [5.41, 5.74) is 0. The van der Waals surface area contributed by atoms with Gasteiger partial charge in [-0.1, -0.05) is 38.2 Å². The van der Waals surface area contributed by atoms with Gasteiger partial charge in [-0.25, -0.2) is 0 Å². The van der Waals surface area contributed by atoms with E-state index in [0.29, 0.717) is 0 Å². The Kier molecular flexibility index (Phi) is 13.0. The number of rotatable bonds is 9. The van der Waals surface area contributed by atoms with E-state index in [4.69, 9.17) is 0 Å². The van der Waals surface area contributed by atoms with Gasteiger partial charge < -0.3 is 12.9 Å². The second-order valence-corrected chi connectivity index (χ2v) is 6.71. The van der Waals surface area contributed by atoms with Gasteiger partial charge in [-0.15, -0.1) is 11.1 Å². The second kappa shape index (κ2) is 12.0. The Morgan fingerprint density at radius 3 is 2.17 bits per heavy atom. The van der Waals surface area contributed by atoms with Crippen molar-refractivity contribution in [1.29, 1.82) is 0 Å². The highest BCUT2D eigenvalue weighted by atomic mass is 79.9. The van der Waals surface area contributed by atoms with Crippen LogP contribution in [0.3, 0.4) is 0 Å². The molecule has 68 valence electrons. The Labute approximate surface area is 92.8 Å². The van der Waals surface area contributed by atoms with Crippen LogP contribution in [0.1, 0.15) is 44.9 Å². The zero-order valence-electron chi connectivity index (χ0n) is 8.03. The normalized spacial score (nSPS) is 9.42. The summed E-state index contributed by atoms with van der Waals surface area (Å²) in [5.74, 6) is 0. The molecule has 0 radical (unpaired) electrons. The highest BCUT2D eigenvalue weighted by Gasteiger charge is 1.91. The fourth-order valence-corrected chi connectivity index (χ4v) is 3.00. The van der Waals surface area contributed by atoms with Crippen LogP contribution in [0.25, 0.3) is 0 Å². The van der Waals surface area contributed by atoms with Crippen molar-refractivity contribution in [2.24, 2.45) is 0 Å². The highest BCUT2D eigenvalue weighted by molar-refractivity contribution is 9.23. The highest BCUT2D eigenvalue weighted by Crippen LogP contribution is 2.08. The van der Waals surface area contributed by atoms with Crippen LogP contribution in [-0.2, 0) is 0 Å². The maximum absolute atomic E-state index is 3.72. The molecule has 0 fully saturated rings. The summed E-state index contributed by atoms with van der Waals surface area (Å²) in [5, 5.41) is 0. The van der Waals surface area contributed by atoms with Crippen LogP contribution in [0.5, 0.6) is 0 Å². The zero-order valence-corrected chi connectivity index (χ0v) is 11.0. The van der Waals surface area contributed by atoms with Crippen LogP contribution in [0.4, 0.5) is 0 Å². The molecule has 0 saturated carbocycles. The van der Waals surface area contributed by atoms with E-state index >= 15 is 0 Å². The molecule has 0 aliphatic heterocycles. The minimum Gasteiger partial charge on any atom is -0.307 e. The summed E-state index contributed by atoms with van der Waals surface area (Å²) < 4.78 is 1.48. The molecule has 0 atom stereocenters. The number of halogens is 1. The number of hydrogen-bond donors (Lipinski definition) is 0. The molecule has 12 heavy (non-hydrogen) atoms. The van der Waals surface area contributed by atoms with Gasteiger partial charge in [0.2, 0.25) is 0 Å². The molecule has 0 bridgehead atoms. The lowest BCUT2D eigenvalue weighted by Gasteiger charge is -1.98. The lowest BCUT2D eigenvalue weighted by molar-refractivity contribution is 0.611. The summed E-state index contributed by atoms with van der Waals surface area (Å²) >= 11 is 3.75. The molecule has 2 heteroatoms. The van der Waals surface area contributed by atoms with Crippen molar-refractivity contribution in [1.82, 2.24) is 0 Å². The average Bonchev–Trinajstić information content (AvgIpc) is 2.10. The largest absolute Gasteiger partial charge is 0.468 e. The Bertz CT molecular complexity index is 93.8. The minimum atomic E-state index is 0.166. The first kappa shape index (κ1) is 13.0. The predicted octanol–water partition coefficient (Wildman–Crippen LogP) is 4.34. The summed E-state index contributed by atoms with van der Waals surface area (Å²) in [6, 6.07) is 0. The molecule has 0 nitrogen and oxygen atoms in total. The van der Waals surface area contributed by atoms with Crippen molar-refractivity contribution >= 4 is 31.1 Å². The van der Waals surface area contributed by atoms with E-state index < -0.39 is 0 Å². The maximum atomic E-state index is 3.72. The molecule has 0 rings (SSSR count). The number of hydrogen-bond acceptors (Lipinski definition) is 0. The molecule has 0 spiro atoms. The van der Waals surface area contributed by atoms with Gasteiger partial charge in [0.05, 0.1) is 0 Å². The van der Waals surface area contributed by atoms with Crippen LogP contribution in [-0.4, -0.2) is 18.2 Å².